The average molecular weight is 1960 g/mol. The summed E-state index contributed by atoms with van der Waals surface area (Å²) in [4.78, 5) is 73.3. The number of hydrogen-bond donors (Lipinski definition) is 2. The SMILES string of the molecule is Brc1cccc(Br)n1.C.CCC(C)C(=O)Cl.CCC(C)C(=O)O.CCC(C)C1=NC(=O)CO1.CCC(C)c1nc(OS(=O)(=O)C(F)(F)F)co1.CCC(NC(=O)OCc1ccccc1)c1nc(-c2cccc(Br)n2)co1.CCN(CC)CC.O=S(=O)(OS(=O)(=O)C(F)(F)F)C(F)(F)F.O=S(Cl)Cl.[Ag+].[N-]=C=O. The van der Waals surface area contributed by atoms with Gasteiger partial charge in [-0.3, -0.25) is 19.2 Å². The van der Waals surface area contributed by atoms with E-state index in [0.717, 1.165) is 40.3 Å². The standard InChI is InChI=1S/C19H18BrN3O3.C8H10F3NO4S.C7H11NO2.C6H15N.C5H3Br2N.C5H9ClO.C5H10O2.C2F6O5S2.CNO.CH4.Ag.Cl2OS/c1-2-14(23-19(24)26-11-13-7-4-3-5-8-13)18-22-16(12-25-18)15-9-6-10-17(20)21-15;1-3-5(2)7-12-6(4-15-7)16-17(13,14)8(9,10)11;1-3-5(2)7-8-6(9)4-10-7;1-4-7(5-2)6-3;6-4-2-1-3-5(7)8-4;2*1-3-4(2)5(6)7;3-1(4,5)14(9,10)13-15(11,12)2(6,7)8;2-1-3;;;1-4(2)3/h3-10,12,14H,2,11H2,1H3,(H,23,24);4-5H,3H2,1-2H3;5H,3-4H2,1-2H3;4-6H2,1-3H3;1-3H;4H,3H2,1-2H3;4H,3H2,1-2H3,(H,6,7);;;1H4;;/q;;;;;;;;-1;;+1;. The van der Waals surface area contributed by atoms with Gasteiger partial charge in [0.15, 0.2) is 24.7 Å². The summed E-state index contributed by atoms with van der Waals surface area (Å²) >= 11 is 14.9. The molecule has 47 heteroatoms. The molecule has 5 unspecified atom stereocenters. The molecule has 0 spiro atoms. The summed E-state index contributed by atoms with van der Waals surface area (Å²) < 4.78 is 203. The zero-order chi connectivity index (χ0) is 81.6. The first kappa shape index (κ1) is 112. The molecule has 27 nitrogen and oxygen atoms in total. The predicted molar refractivity (Wildman–Crippen MR) is 386 cm³/mol. The number of carbonyl (C=O) groups is 4. The van der Waals surface area contributed by atoms with Gasteiger partial charge >= 0.3 is 81.3 Å². The van der Waals surface area contributed by atoms with Gasteiger partial charge in [-0.25, -0.2) is 24.0 Å². The molecule has 5 aromatic rings. The van der Waals surface area contributed by atoms with E-state index in [1.807, 2.05) is 119 Å². The second kappa shape index (κ2) is 58.0. The fourth-order valence-corrected chi connectivity index (χ4v) is 8.95. The summed E-state index contributed by atoms with van der Waals surface area (Å²) in [6.45, 7) is 27.3. The van der Waals surface area contributed by atoms with Gasteiger partial charge in [-0.05, 0) is 147 Å². The van der Waals surface area contributed by atoms with Crippen molar-refractivity contribution in [2.24, 2.45) is 22.7 Å². The Bertz CT molecular complexity index is 3700. The van der Waals surface area contributed by atoms with Gasteiger partial charge in [0.1, 0.15) is 38.4 Å². The van der Waals surface area contributed by atoms with Crippen molar-refractivity contribution in [1.82, 2.24) is 30.2 Å². The van der Waals surface area contributed by atoms with Gasteiger partial charge in [-0.15, -0.1) is 3.63 Å². The molecule has 1 aliphatic rings. The van der Waals surface area contributed by atoms with Crippen molar-refractivity contribution in [1.29, 1.82) is 0 Å². The average Bonchev–Trinajstić information content (AvgIpc) is 1.07. The van der Waals surface area contributed by atoms with Crippen LogP contribution in [0.25, 0.3) is 16.8 Å². The maximum atomic E-state index is 12.1. The number of rotatable bonds is 21. The van der Waals surface area contributed by atoms with Crippen molar-refractivity contribution < 1.29 is 147 Å². The molecule has 106 heavy (non-hydrogen) atoms. The van der Waals surface area contributed by atoms with E-state index in [-0.39, 0.29) is 89.8 Å². The van der Waals surface area contributed by atoms with E-state index in [9.17, 15) is 83.9 Å². The summed E-state index contributed by atoms with van der Waals surface area (Å²) in [6.07, 6.45) is 6.03. The van der Waals surface area contributed by atoms with Crippen molar-refractivity contribution in [3.63, 3.8) is 0 Å². The Morgan fingerprint density at radius 2 is 1.09 bits per heavy atom. The second-order valence-electron chi connectivity index (χ2n) is 19.6. The van der Waals surface area contributed by atoms with Gasteiger partial charge in [0.25, 0.3) is 11.8 Å². The van der Waals surface area contributed by atoms with E-state index in [2.05, 4.69) is 129 Å². The van der Waals surface area contributed by atoms with Gasteiger partial charge in [0.2, 0.25) is 20.4 Å². The molecule has 2 amide bonds. The molecule has 0 aliphatic carbocycles. The Labute approximate surface area is 666 Å². The first-order valence-corrected chi connectivity index (χ1v) is 39.5. The fraction of sp³-hybridized carbons (Fsp3) is 0.525. The van der Waals surface area contributed by atoms with Crippen molar-refractivity contribution in [2.75, 3.05) is 26.2 Å². The molecule has 0 fully saturated rings. The van der Waals surface area contributed by atoms with Crippen LogP contribution in [0.1, 0.15) is 152 Å². The molecule has 2 N–H and O–H groups in total. The Morgan fingerprint density at radius 3 is 1.42 bits per heavy atom. The van der Waals surface area contributed by atoms with Crippen LogP contribution < -0.4 is 9.50 Å². The molecule has 0 bridgehead atoms. The van der Waals surface area contributed by atoms with Crippen LogP contribution in [0, 0.1) is 17.8 Å². The molecule has 0 saturated heterocycles. The molecule has 1 aliphatic heterocycles. The van der Waals surface area contributed by atoms with Crippen LogP contribution in [-0.4, -0.2) is 137 Å². The Hall–Kier alpha value is -4.99. The summed E-state index contributed by atoms with van der Waals surface area (Å²) in [7, 11) is -12.0. The molecule has 4 aromatic heterocycles. The number of carboxylic acids is 1. The Kier molecular flexibility index (Phi) is 61.2. The summed E-state index contributed by atoms with van der Waals surface area (Å²) in [6, 6.07) is 20.4. The maximum absolute atomic E-state index is 12.1. The van der Waals surface area contributed by atoms with Gasteiger partial charge < -0.3 is 43.2 Å². The van der Waals surface area contributed by atoms with E-state index in [4.69, 9.17) is 49.4 Å². The number of nitrogens with zero attached hydrogens (tertiary/aromatic N) is 7. The van der Waals surface area contributed by atoms with E-state index in [1.54, 1.807) is 13.8 Å². The number of hydrogen-bond acceptors (Lipinski definition) is 23. The largest absolute Gasteiger partial charge is 1.00 e. The van der Waals surface area contributed by atoms with E-state index >= 15 is 0 Å². The Morgan fingerprint density at radius 1 is 0.660 bits per heavy atom. The molecular formula is C59H80AgBr3Cl3F9N8O19S4. The van der Waals surface area contributed by atoms with Crippen LogP contribution in [0.2, 0.25) is 0 Å². The zero-order valence-electron chi connectivity index (χ0n) is 57.5. The van der Waals surface area contributed by atoms with Crippen LogP contribution in [0.3, 0.4) is 0 Å². The molecule has 610 valence electrons. The number of aliphatic imine (C=N–C) groups is 1. The number of nitrogens with one attached hydrogen (secondary N) is 1. The van der Waals surface area contributed by atoms with Crippen LogP contribution in [0.4, 0.5) is 44.3 Å². The predicted octanol–water partition coefficient (Wildman–Crippen LogP) is 17.4. The number of oxazole rings is 2. The van der Waals surface area contributed by atoms with E-state index < -0.39 is 74.0 Å². The molecular weight excluding hydrogens is 1880 g/mol. The second-order valence-corrected chi connectivity index (χ2v) is 29.8. The number of ether oxygens (including phenoxy) is 2. The van der Waals surface area contributed by atoms with Crippen LogP contribution in [-0.2, 0) is 101 Å². The fourth-order valence-electron chi connectivity index (χ4n) is 5.57. The van der Waals surface area contributed by atoms with Gasteiger partial charge in [-0.1, -0.05) is 133 Å². The molecule has 5 atom stereocenters. The molecule has 0 radical (unpaired) electrons. The number of isocyanates is 1. The third-order valence-electron chi connectivity index (χ3n) is 12.1. The van der Waals surface area contributed by atoms with Crippen molar-refractivity contribution in [3.05, 3.63) is 116 Å². The number of alkyl halides is 9. The normalized spacial score (nSPS) is 12.9. The number of carboxylic acid groups (broad SMARTS) is 1. The first-order valence-electron chi connectivity index (χ1n) is 29.7. The Balaban J connectivity index is -0.000000278. The number of carbonyl (C=O) groups excluding carboxylic acids is 4. The minimum Gasteiger partial charge on any atom is -0.724 e. The number of aliphatic carboxylic acids is 1. The monoisotopic (exact) mass is 1950 g/mol. The van der Waals surface area contributed by atoms with E-state index in [0.29, 0.717) is 46.7 Å². The quantitative estimate of drug-likeness (QED) is 0.0101. The number of amides is 2. The third-order valence-corrected chi connectivity index (χ3v) is 17.4. The van der Waals surface area contributed by atoms with Crippen molar-refractivity contribution >= 4 is 156 Å². The number of halogens is 15. The number of benzene rings is 1. The smallest absolute Gasteiger partial charge is 0.724 e. The third kappa shape index (κ3) is 50.7. The molecule has 6 rings (SSSR count). The van der Waals surface area contributed by atoms with Gasteiger partial charge in [-0.2, -0.15) is 74.7 Å². The minimum atomic E-state index is -6.85. The summed E-state index contributed by atoms with van der Waals surface area (Å²) in [5, 5.41) is 17.5. The maximum Gasteiger partial charge on any atom is 1.00 e. The zero-order valence-corrected chi connectivity index (χ0v) is 69.3. The van der Waals surface area contributed by atoms with Gasteiger partial charge in [0.05, 0.1) is 11.6 Å². The topological polar surface area (TPSA) is 390 Å². The summed E-state index contributed by atoms with van der Waals surface area (Å²) in [5.41, 5.74) is -15.8. The first-order chi connectivity index (χ1) is 47.9. The van der Waals surface area contributed by atoms with Crippen LogP contribution in [0.15, 0.2) is 107 Å². The minimum absolute atomic E-state index is 0. The van der Waals surface area contributed by atoms with Crippen molar-refractivity contribution in [3.8, 4) is 17.3 Å². The molecule has 1 aromatic carbocycles. The number of alkyl carbamates (subject to hydrolysis) is 1. The van der Waals surface area contributed by atoms with Crippen LogP contribution in [0.5, 0.6) is 5.88 Å². The summed E-state index contributed by atoms with van der Waals surface area (Å²) in [5.74, 6) is -0.446. The van der Waals surface area contributed by atoms with Crippen molar-refractivity contribution in [2.45, 2.75) is 158 Å². The molecule has 5 heterocycles. The molecule has 0 saturated carbocycles. The number of pyridine rings is 2. The van der Waals surface area contributed by atoms with E-state index in [1.165, 1.54) is 25.9 Å². The van der Waals surface area contributed by atoms with Crippen LogP contribution >= 0.6 is 80.8 Å². The van der Waals surface area contributed by atoms with Gasteiger partial charge in [0, 0.05) is 39.1 Å². The number of aromatic nitrogens is 4.